The number of hydrogen-bond acceptors (Lipinski definition) is 5. The monoisotopic (exact) mass is 339 g/mol. The normalized spacial score (nSPS) is 18.0. The van der Waals surface area contributed by atoms with Gasteiger partial charge in [-0.3, -0.25) is 4.79 Å². The number of amides is 1. The van der Waals surface area contributed by atoms with Crippen LogP contribution in [-0.4, -0.2) is 33.5 Å². The first-order valence-electron chi connectivity index (χ1n) is 8.81. The second-order valence-corrected chi connectivity index (χ2v) is 6.54. The number of piperidine rings is 1. The standard InChI is InChI=1S/C19H21N3O3/c1-3-13-7-4-5-9-22(13)19(23)14-11-15(16-8-6-10-24-16)20-18-17(14)12(2)21-25-18/h6,8,10-11,13H,3-5,7,9H2,1-2H3. The summed E-state index contributed by atoms with van der Waals surface area (Å²) in [7, 11) is 0. The zero-order valence-electron chi connectivity index (χ0n) is 14.5. The van der Waals surface area contributed by atoms with Crippen molar-refractivity contribution in [3.63, 3.8) is 0 Å². The van der Waals surface area contributed by atoms with Crippen LogP contribution < -0.4 is 0 Å². The molecule has 0 saturated carbocycles. The third-order valence-electron chi connectivity index (χ3n) is 4.98. The third-order valence-corrected chi connectivity index (χ3v) is 4.98. The van der Waals surface area contributed by atoms with Gasteiger partial charge in [0, 0.05) is 12.6 Å². The highest BCUT2D eigenvalue weighted by molar-refractivity contribution is 6.07. The molecule has 1 aliphatic heterocycles. The number of aryl methyl sites for hydroxylation is 1. The molecular weight excluding hydrogens is 318 g/mol. The summed E-state index contributed by atoms with van der Waals surface area (Å²) in [4.78, 5) is 19.8. The van der Waals surface area contributed by atoms with Crippen LogP contribution in [0.2, 0.25) is 0 Å². The smallest absolute Gasteiger partial charge is 0.259 e. The molecule has 0 N–H and O–H groups in total. The van der Waals surface area contributed by atoms with E-state index in [2.05, 4.69) is 17.1 Å². The lowest BCUT2D eigenvalue weighted by molar-refractivity contribution is 0.0610. The topological polar surface area (TPSA) is 72.4 Å². The zero-order chi connectivity index (χ0) is 17.4. The molecule has 25 heavy (non-hydrogen) atoms. The second-order valence-electron chi connectivity index (χ2n) is 6.54. The van der Waals surface area contributed by atoms with Gasteiger partial charge in [-0.1, -0.05) is 12.1 Å². The Morgan fingerprint density at radius 3 is 3.04 bits per heavy atom. The number of pyridine rings is 1. The summed E-state index contributed by atoms with van der Waals surface area (Å²) in [6.07, 6.45) is 5.84. The largest absolute Gasteiger partial charge is 0.463 e. The van der Waals surface area contributed by atoms with E-state index in [1.165, 1.54) is 6.42 Å². The molecule has 1 unspecified atom stereocenters. The first-order chi connectivity index (χ1) is 12.2. The van der Waals surface area contributed by atoms with Crippen molar-refractivity contribution in [2.75, 3.05) is 6.54 Å². The fraction of sp³-hybridized carbons (Fsp3) is 0.421. The summed E-state index contributed by atoms with van der Waals surface area (Å²) in [6, 6.07) is 5.71. The molecule has 3 aromatic rings. The summed E-state index contributed by atoms with van der Waals surface area (Å²) in [5.74, 6) is 0.633. The maximum atomic E-state index is 13.4. The predicted octanol–water partition coefficient (Wildman–Crippen LogP) is 4.20. The van der Waals surface area contributed by atoms with Gasteiger partial charge in [0.2, 0.25) is 0 Å². The number of hydrogen-bond donors (Lipinski definition) is 0. The molecule has 1 saturated heterocycles. The molecule has 1 atom stereocenters. The lowest BCUT2D eigenvalue weighted by atomic mass is 9.98. The number of rotatable bonds is 3. The van der Waals surface area contributed by atoms with Crippen molar-refractivity contribution in [1.82, 2.24) is 15.0 Å². The average Bonchev–Trinajstić information content (AvgIpc) is 3.31. The van der Waals surface area contributed by atoms with Crippen LogP contribution in [0.25, 0.3) is 22.6 Å². The highest BCUT2D eigenvalue weighted by atomic mass is 16.5. The van der Waals surface area contributed by atoms with Crippen molar-refractivity contribution in [3.8, 4) is 11.5 Å². The van der Waals surface area contributed by atoms with E-state index in [-0.39, 0.29) is 11.9 Å². The van der Waals surface area contributed by atoms with Gasteiger partial charge in [-0.2, -0.15) is 0 Å². The van der Waals surface area contributed by atoms with Crippen LogP contribution in [0.5, 0.6) is 0 Å². The maximum absolute atomic E-state index is 13.4. The average molecular weight is 339 g/mol. The van der Waals surface area contributed by atoms with Gasteiger partial charge in [-0.25, -0.2) is 4.98 Å². The van der Waals surface area contributed by atoms with Crippen LogP contribution in [0, 0.1) is 6.92 Å². The summed E-state index contributed by atoms with van der Waals surface area (Å²) in [6.45, 7) is 4.77. The van der Waals surface area contributed by atoms with Crippen molar-refractivity contribution < 1.29 is 13.7 Å². The quantitative estimate of drug-likeness (QED) is 0.715. The Hall–Kier alpha value is -2.63. The molecule has 0 aliphatic carbocycles. The number of likely N-dealkylation sites (tertiary alicyclic amines) is 1. The van der Waals surface area contributed by atoms with Gasteiger partial charge in [0.25, 0.3) is 11.6 Å². The first kappa shape index (κ1) is 15.9. The van der Waals surface area contributed by atoms with Gasteiger partial charge in [0.1, 0.15) is 5.69 Å². The van der Waals surface area contributed by atoms with Crippen LogP contribution in [0.15, 0.2) is 33.4 Å². The highest BCUT2D eigenvalue weighted by Gasteiger charge is 2.29. The molecule has 6 nitrogen and oxygen atoms in total. The Bertz CT molecular complexity index is 898. The van der Waals surface area contributed by atoms with Crippen molar-refractivity contribution in [1.29, 1.82) is 0 Å². The third kappa shape index (κ3) is 2.71. The number of nitrogens with zero attached hydrogens (tertiary/aromatic N) is 3. The van der Waals surface area contributed by atoms with E-state index in [0.717, 1.165) is 25.8 Å². The Kier molecular flexibility index (Phi) is 4.03. The van der Waals surface area contributed by atoms with E-state index in [4.69, 9.17) is 8.94 Å². The van der Waals surface area contributed by atoms with Gasteiger partial charge in [0.15, 0.2) is 5.76 Å². The van der Waals surface area contributed by atoms with Crippen LogP contribution >= 0.6 is 0 Å². The van der Waals surface area contributed by atoms with Crippen molar-refractivity contribution in [3.05, 3.63) is 35.7 Å². The van der Waals surface area contributed by atoms with E-state index in [1.807, 2.05) is 17.9 Å². The molecule has 1 aliphatic rings. The lowest BCUT2D eigenvalue weighted by Crippen LogP contribution is -2.43. The number of carbonyl (C=O) groups is 1. The van der Waals surface area contributed by atoms with Gasteiger partial charge in [-0.15, -0.1) is 0 Å². The number of aromatic nitrogens is 2. The molecular formula is C19H21N3O3. The summed E-state index contributed by atoms with van der Waals surface area (Å²) in [5.41, 5.74) is 2.24. The number of furan rings is 1. The number of carbonyl (C=O) groups excluding carboxylic acids is 1. The van der Waals surface area contributed by atoms with Crippen LogP contribution in [0.3, 0.4) is 0 Å². The van der Waals surface area contributed by atoms with Crippen molar-refractivity contribution >= 4 is 17.0 Å². The molecule has 4 rings (SSSR count). The van der Waals surface area contributed by atoms with E-state index in [1.54, 1.807) is 18.4 Å². The predicted molar refractivity (Wildman–Crippen MR) is 93.2 cm³/mol. The van der Waals surface area contributed by atoms with Gasteiger partial charge >= 0.3 is 0 Å². The summed E-state index contributed by atoms with van der Waals surface area (Å²) in [5, 5.41) is 4.70. The van der Waals surface area contributed by atoms with Gasteiger partial charge < -0.3 is 13.8 Å². The van der Waals surface area contributed by atoms with E-state index in [0.29, 0.717) is 33.8 Å². The fourth-order valence-electron chi connectivity index (χ4n) is 3.66. The minimum atomic E-state index is 0.0260. The molecule has 0 aromatic carbocycles. The van der Waals surface area contributed by atoms with Crippen molar-refractivity contribution in [2.45, 2.75) is 45.6 Å². The molecule has 3 aromatic heterocycles. The Labute approximate surface area is 145 Å². The van der Waals surface area contributed by atoms with Gasteiger partial charge in [-0.05, 0) is 50.8 Å². The Morgan fingerprint density at radius 1 is 1.40 bits per heavy atom. The highest BCUT2D eigenvalue weighted by Crippen LogP contribution is 2.30. The fourth-order valence-corrected chi connectivity index (χ4v) is 3.66. The second kappa shape index (κ2) is 6.35. The molecule has 0 spiro atoms. The summed E-state index contributed by atoms with van der Waals surface area (Å²) < 4.78 is 10.8. The molecule has 6 heteroatoms. The van der Waals surface area contributed by atoms with E-state index in [9.17, 15) is 4.79 Å². The molecule has 1 fully saturated rings. The molecule has 4 heterocycles. The SMILES string of the molecule is CCC1CCCCN1C(=O)c1cc(-c2ccco2)nc2onc(C)c12. The molecule has 0 bridgehead atoms. The lowest BCUT2D eigenvalue weighted by Gasteiger charge is -2.35. The molecule has 1 amide bonds. The van der Waals surface area contributed by atoms with E-state index < -0.39 is 0 Å². The Balaban J connectivity index is 1.84. The first-order valence-corrected chi connectivity index (χ1v) is 8.81. The van der Waals surface area contributed by atoms with Gasteiger partial charge in [0.05, 0.1) is 22.9 Å². The minimum Gasteiger partial charge on any atom is -0.463 e. The Morgan fingerprint density at radius 2 is 2.28 bits per heavy atom. The van der Waals surface area contributed by atoms with Crippen LogP contribution in [0.1, 0.15) is 48.7 Å². The molecule has 130 valence electrons. The minimum absolute atomic E-state index is 0.0260. The van der Waals surface area contributed by atoms with Crippen LogP contribution in [-0.2, 0) is 0 Å². The summed E-state index contributed by atoms with van der Waals surface area (Å²) >= 11 is 0. The van der Waals surface area contributed by atoms with E-state index >= 15 is 0 Å². The number of fused-ring (bicyclic) bond motifs is 1. The maximum Gasteiger partial charge on any atom is 0.259 e. The van der Waals surface area contributed by atoms with Crippen LogP contribution in [0.4, 0.5) is 0 Å². The van der Waals surface area contributed by atoms with Crippen molar-refractivity contribution in [2.24, 2.45) is 0 Å². The zero-order valence-corrected chi connectivity index (χ0v) is 14.5. The molecule has 0 radical (unpaired) electrons.